The molecule has 3 atom stereocenters. The molecule has 0 aliphatic heterocycles. The summed E-state index contributed by atoms with van der Waals surface area (Å²) in [5.74, 6) is -2.37. The lowest BCUT2D eigenvalue weighted by atomic mass is 10.0. The van der Waals surface area contributed by atoms with Gasteiger partial charge in [-0.2, -0.15) is 0 Å². The Morgan fingerprint density at radius 3 is 1.31 bits per heavy atom. The van der Waals surface area contributed by atoms with Crippen molar-refractivity contribution >= 4 is 25.7 Å². The van der Waals surface area contributed by atoms with E-state index >= 15 is 0 Å². The van der Waals surface area contributed by atoms with E-state index in [4.69, 9.17) is 24.8 Å². The van der Waals surface area contributed by atoms with Crippen molar-refractivity contribution < 1.29 is 47.5 Å². The first-order valence-corrected chi connectivity index (χ1v) is 20.6. The fourth-order valence-electron chi connectivity index (χ4n) is 5.30. The molecule has 0 bridgehead atoms. The van der Waals surface area contributed by atoms with E-state index in [1.54, 1.807) is 0 Å². The molecule has 1 unspecified atom stereocenters. The Bertz CT molecular complexity index is 844. The van der Waals surface area contributed by atoms with Gasteiger partial charge in [0, 0.05) is 12.8 Å². The van der Waals surface area contributed by atoms with E-state index < -0.39 is 51.1 Å². The van der Waals surface area contributed by atoms with Gasteiger partial charge in [-0.05, 0) is 12.8 Å². The van der Waals surface area contributed by atoms with Crippen LogP contribution in [0.1, 0.15) is 181 Å². The molecule has 0 aliphatic rings. The molecule has 0 spiro atoms. The highest BCUT2D eigenvalue weighted by Gasteiger charge is 2.28. The van der Waals surface area contributed by atoms with Crippen LogP contribution in [0.5, 0.6) is 0 Å². The number of hydrogen-bond donors (Lipinski definition) is 3. The molecule has 48 heavy (non-hydrogen) atoms. The van der Waals surface area contributed by atoms with Crippen molar-refractivity contribution in [3.05, 3.63) is 0 Å². The summed E-state index contributed by atoms with van der Waals surface area (Å²) >= 11 is 0. The topological polar surface area (TPSA) is 172 Å². The van der Waals surface area contributed by atoms with Crippen LogP contribution in [0.2, 0.25) is 0 Å². The SMILES string of the molecule is CCCCCCCCCCCCCCCCCCCC(=O)O[C@@H](COC(=O)CCCCCCCCC)COP(=O)(O)OC[C@H](N)C(=O)O. The van der Waals surface area contributed by atoms with E-state index in [9.17, 15) is 23.8 Å². The van der Waals surface area contributed by atoms with Gasteiger partial charge >= 0.3 is 25.7 Å². The molecule has 0 aromatic heterocycles. The second-order valence-electron chi connectivity index (χ2n) is 13.1. The van der Waals surface area contributed by atoms with Crippen molar-refractivity contribution in [2.24, 2.45) is 5.73 Å². The Labute approximate surface area is 291 Å². The maximum Gasteiger partial charge on any atom is 0.472 e. The van der Waals surface area contributed by atoms with Gasteiger partial charge < -0.3 is 25.2 Å². The zero-order valence-electron chi connectivity index (χ0n) is 30.3. The second-order valence-corrected chi connectivity index (χ2v) is 14.5. The molecule has 0 saturated heterocycles. The number of ether oxygens (including phenoxy) is 2. The summed E-state index contributed by atoms with van der Waals surface area (Å²) in [4.78, 5) is 45.5. The molecular weight excluding hydrogens is 637 g/mol. The van der Waals surface area contributed by atoms with Gasteiger partial charge in [0.15, 0.2) is 6.10 Å². The maximum atomic E-state index is 12.5. The largest absolute Gasteiger partial charge is 0.480 e. The molecule has 0 aromatic rings. The number of rotatable bonds is 36. The number of esters is 2. The molecule has 0 amide bonds. The summed E-state index contributed by atoms with van der Waals surface area (Å²) in [6.45, 7) is 2.75. The number of carboxylic acid groups (broad SMARTS) is 1. The van der Waals surface area contributed by atoms with Gasteiger partial charge in [-0.25, -0.2) is 4.57 Å². The van der Waals surface area contributed by atoms with E-state index in [1.165, 1.54) is 103 Å². The highest BCUT2D eigenvalue weighted by atomic mass is 31.2. The first kappa shape index (κ1) is 46.5. The van der Waals surface area contributed by atoms with Crippen LogP contribution in [0.4, 0.5) is 0 Å². The monoisotopic (exact) mass is 707 g/mol. The highest BCUT2D eigenvalue weighted by Crippen LogP contribution is 2.43. The lowest BCUT2D eigenvalue weighted by Crippen LogP contribution is -2.34. The summed E-state index contributed by atoms with van der Waals surface area (Å²) in [5.41, 5.74) is 5.30. The molecule has 0 heterocycles. The van der Waals surface area contributed by atoms with Crippen molar-refractivity contribution in [1.29, 1.82) is 0 Å². The predicted octanol–water partition coefficient (Wildman–Crippen LogP) is 9.17. The average molecular weight is 708 g/mol. The van der Waals surface area contributed by atoms with Gasteiger partial charge in [0.05, 0.1) is 13.2 Å². The zero-order chi connectivity index (χ0) is 35.7. The van der Waals surface area contributed by atoms with Crippen molar-refractivity contribution in [2.45, 2.75) is 193 Å². The molecule has 0 saturated carbocycles. The molecular formula is C36H70NO10P. The lowest BCUT2D eigenvalue weighted by Gasteiger charge is -2.20. The lowest BCUT2D eigenvalue weighted by molar-refractivity contribution is -0.161. The zero-order valence-corrected chi connectivity index (χ0v) is 31.2. The fourth-order valence-corrected chi connectivity index (χ4v) is 6.08. The first-order valence-electron chi connectivity index (χ1n) is 19.1. The van der Waals surface area contributed by atoms with E-state index in [0.717, 1.165) is 38.5 Å². The maximum absolute atomic E-state index is 12.5. The van der Waals surface area contributed by atoms with Gasteiger partial charge in [-0.1, -0.05) is 155 Å². The highest BCUT2D eigenvalue weighted by molar-refractivity contribution is 7.47. The van der Waals surface area contributed by atoms with Crippen molar-refractivity contribution in [3.8, 4) is 0 Å². The minimum atomic E-state index is -4.70. The van der Waals surface area contributed by atoms with Crippen LogP contribution in [-0.2, 0) is 37.5 Å². The minimum absolute atomic E-state index is 0.168. The van der Waals surface area contributed by atoms with Crippen LogP contribution in [0.15, 0.2) is 0 Å². The van der Waals surface area contributed by atoms with Crippen LogP contribution in [-0.4, -0.2) is 59.9 Å². The summed E-state index contributed by atoms with van der Waals surface area (Å²) in [7, 11) is -4.70. The molecule has 12 heteroatoms. The third kappa shape index (κ3) is 31.7. The number of carbonyl (C=O) groups excluding carboxylic acids is 2. The first-order chi connectivity index (χ1) is 23.1. The smallest absolute Gasteiger partial charge is 0.472 e. The fraction of sp³-hybridized carbons (Fsp3) is 0.917. The van der Waals surface area contributed by atoms with Crippen molar-refractivity contribution in [3.63, 3.8) is 0 Å². The van der Waals surface area contributed by atoms with Crippen molar-refractivity contribution in [2.75, 3.05) is 19.8 Å². The number of nitrogens with two attached hydrogens (primary N) is 1. The van der Waals surface area contributed by atoms with E-state index in [2.05, 4.69) is 18.4 Å². The third-order valence-electron chi connectivity index (χ3n) is 8.36. The Morgan fingerprint density at radius 1 is 0.562 bits per heavy atom. The molecule has 284 valence electrons. The second kappa shape index (κ2) is 32.7. The van der Waals surface area contributed by atoms with Crippen LogP contribution in [0.25, 0.3) is 0 Å². The van der Waals surface area contributed by atoms with E-state index in [-0.39, 0.29) is 19.4 Å². The molecule has 0 aliphatic carbocycles. The average Bonchev–Trinajstić information content (AvgIpc) is 3.05. The van der Waals surface area contributed by atoms with Gasteiger partial charge in [-0.3, -0.25) is 23.4 Å². The Balaban J connectivity index is 4.30. The number of unbranched alkanes of at least 4 members (excludes halogenated alkanes) is 22. The summed E-state index contributed by atoms with van der Waals surface area (Å²) in [5, 5.41) is 8.84. The number of carboxylic acids is 1. The summed E-state index contributed by atoms with van der Waals surface area (Å²) in [6.07, 6.45) is 27.7. The summed E-state index contributed by atoms with van der Waals surface area (Å²) in [6, 6.07) is -1.51. The number of carbonyl (C=O) groups is 3. The van der Waals surface area contributed by atoms with Crippen LogP contribution < -0.4 is 5.73 Å². The standard InChI is InChI=1S/C36H70NO10P/c1-3-5-7-9-11-12-13-14-15-16-17-18-19-20-22-24-26-28-35(39)47-32(30-45-48(42,43)46-31-33(37)36(40)41)29-44-34(38)27-25-23-21-10-8-6-4-2/h32-33H,3-31,37H2,1-2H3,(H,40,41)(H,42,43)/t32-,33-/m0/s1. The molecule has 0 rings (SSSR count). The Kier molecular flexibility index (Phi) is 31.6. The van der Waals surface area contributed by atoms with Crippen LogP contribution in [0.3, 0.4) is 0 Å². The van der Waals surface area contributed by atoms with Gasteiger partial charge in [0.2, 0.25) is 0 Å². The van der Waals surface area contributed by atoms with Crippen LogP contribution >= 0.6 is 7.82 Å². The van der Waals surface area contributed by atoms with Gasteiger partial charge in [0.25, 0.3) is 0 Å². The normalized spacial score (nSPS) is 13.9. The Morgan fingerprint density at radius 2 is 0.917 bits per heavy atom. The number of aliphatic carboxylic acids is 1. The predicted molar refractivity (Wildman–Crippen MR) is 190 cm³/mol. The number of hydrogen-bond acceptors (Lipinski definition) is 9. The van der Waals surface area contributed by atoms with Gasteiger partial charge in [-0.15, -0.1) is 0 Å². The van der Waals surface area contributed by atoms with Crippen LogP contribution in [0, 0.1) is 0 Å². The summed E-state index contributed by atoms with van der Waals surface area (Å²) < 4.78 is 32.4. The van der Waals surface area contributed by atoms with E-state index in [0.29, 0.717) is 12.8 Å². The Hall–Kier alpha value is -1.52. The molecule has 0 fully saturated rings. The minimum Gasteiger partial charge on any atom is -0.480 e. The van der Waals surface area contributed by atoms with E-state index in [1.807, 2.05) is 0 Å². The number of phosphoric acid groups is 1. The molecule has 4 N–H and O–H groups in total. The third-order valence-corrected chi connectivity index (χ3v) is 9.31. The van der Waals surface area contributed by atoms with Crippen molar-refractivity contribution in [1.82, 2.24) is 0 Å². The van der Waals surface area contributed by atoms with Gasteiger partial charge in [0.1, 0.15) is 12.6 Å². The molecule has 0 aromatic carbocycles. The number of phosphoric ester groups is 1. The molecule has 11 nitrogen and oxygen atoms in total. The molecule has 0 radical (unpaired) electrons. The quantitative estimate of drug-likeness (QED) is 0.0322.